The Bertz CT molecular complexity index is 1520. The maximum Gasteiger partial charge on any atom is 0.331 e. The highest BCUT2D eigenvalue weighted by Crippen LogP contribution is 2.46. The SMILES string of the molecule is CN[C@@H]1CCCC[C@@H]1NC(=O)c1sc2nccc3c2c1NC(=O)N3c1ccc(Oc2ccccc2)cc1C. The summed E-state index contributed by atoms with van der Waals surface area (Å²) in [4.78, 5) is 34.3. The van der Waals surface area contributed by atoms with Crippen LogP contribution in [0.2, 0.25) is 0 Å². The zero-order valence-corrected chi connectivity index (χ0v) is 22.1. The van der Waals surface area contributed by atoms with Crippen LogP contribution in [0.25, 0.3) is 10.2 Å². The molecule has 2 aromatic carbocycles. The Labute approximate surface area is 225 Å². The zero-order valence-electron chi connectivity index (χ0n) is 21.3. The van der Waals surface area contributed by atoms with Crippen LogP contribution in [0, 0.1) is 6.92 Å². The van der Waals surface area contributed by atoms with E-state index < -0.39 is 0 Å². The van der Waals surface area contributed by atoms with Gasteiger partial charge in [-0.2, -0.15) is 0 Å². The fraction of sp³-hybridized carbons (Fsp3) is 0.276. The van der Waals surface area contributed by atoms with Gasteiger partial charge in [-0.05, 0) is 68.8 Å². The van der Waals surface area contributed by atoms with Crippen LogP contribution in [0.4, 0.5) is 21.9 Å². The van der Waals surface area contributed by atoms with E-state index in [2.05, 4.69) is 20.9 Å². The molecule has 3 N–H and O–H groups in total. The Balaban J connectivity index is 1.33. The number of pyridine rings is 1. The summed E-state index contributed by atoms with van der Waals surface area (Å²) in [6, 6.07) is 17.0. The van der Waals surface area contributed by atoms with E-state index >= 15 is 0 Å². The minimum Gasteiger partial charge on any atom is -0.457 e. The smallest absolute Gasteiger partial charge is 0.331 e. The van der Waals surface area contributed by atoms with Crippen LogP contribution in [-0.2, 0) is 0 Å². The Morgan fingerprint density at radius 3 is 2.61 bits per heavy atom. The van der Waals surface area contributed by atoms with E-state index in [0.29, 0.717) is 26.8 Å². The summed E-state index contributed by atoms with van der Waals surface area (Å²) in [6.07, 6.45) is 5.90. The van der Waals surface area contributed by atoms with Gasteiger partial charge < -0.3 is 20.7 Å². The van der Waals surface area contributed by atoms with Crippen molar-refractivity contribution >= 4 is 50.6 Å². The van der Waals surface area contributed by atoms with Gasteiger partial charge in [0.1, 0.15) is 21.2 Å². The number of benzene rings is 2. The number of thiophene rings is 1. The van der Waals surface area contributed by atoms with Crippen LogP contribution in [0.5, 0.6) is 11.5 Å². The van der Waals surface area contributed by atoms with Crippen LogP contribution in [0.15, 0.2) is 60.8 Å². The largest absolute Gasteiger partial charge is 0.457 e. The first kappa shape index (κ1) is 24.4. The number of aryl methyl sites for hydroxylation is 1. The molecule has 1 saturated carbocycles. The molecular formula is C29H29N5O3S. The monoisotopic (exact) mass is 527 g/mol. The van der Waals surface area contributed by atoms with Gasteiger partial charge in [-0.1, -0.05) is 31.0 Å². The van der Waals surface area contributed by atoms with E-state index in [9.17, 15) is 9.59 Å². The first-order valence-corrected chi connectivity index (χ1v) is 13.7. The number of urea groups is 1. The molecule has 38 heavy (non-hydrogen) atoms. The van der Waals surface area contributed by atoms with Crippen molar-refractivity contribution in [2.75, 3.05) is 17.3 Å². The number of amides is 3. The van der Waals surface area contributed by atoms with Crippen LogP contribution in [-0.4, -0.2) is 36.1 Å². The molecular weight excluding hydrogens is 498 g/mol. The lowest BCUT2D eigenvalue weighted by Gasteiger charge is -2.32. The third-order valence-corrected chi connectivity index (χ3v) is 8.39. The molecule has 4 aromatic rings. The van der Waals surface area contributed by atoms with E-state index in [0.717, 1.165) is 48.1 Å². The predicted octanol–water partition coefficient (Wildman–Crippen LogP) is 6.34. The first-order chi connectivity index (χ1) is 18.5. The summed E-state index contributed by atoms with van der Waals surface area (Å²) < 4.78 is 5.97. The second-order valence-electron chi connectivity index (χ2n) is 9.70. The van der Waals surface area contributed by atoms with Crippen molar-refractivity contribution in [3.63, 3.8) is 0 Å². The second-order valence-corrected chi connectivity index (χ2v) is 10.7. The molecule has 194 valence electrons. The number of ether oxygens (including phenoxy) is 1. The third-order valence-electron chi connectivity index (χ3n) is 7.29. The van der Waals surface area contributed by atoms with Gasteiger partial charge >= 0.3 is 6.03 Å². The number of nitrogens with zero attached hydrogens (tertiary/aromatic N) is 2. The topological polar surface area (TPSA) is 95.6 Å². The van der Waals surface area contributed by atoms with E-state index in [-0.39, 0.29) is 24.0 Å². The lowest BCUT2D eigenvalue weighted by atomic mass is 9.90. The minimum atomic E-state index is -0.317. The van der Waals surface area contributed by atoms with Gasteiger partial charge in [-0.15, -0.1) is 11.3 Å². The molecule has 0 unspecified atom stereocenters. The number of aromatic nitrogens is 1. The first-order valence-electron chi connectivity index (χ1n) is 12.9. The average Bonchev–Trinajstić information content (AvgIpc) is 3.30. The molecule has 1 aliphatic heterocycles. The summed E-state index contributed by atoms with van der Waals surface area (Å²) in [5.74, 6) is 1.26. The number of anilines is 3. The van der Waals surface area contributed by atoms with Gasteiger partial charge in [0, 0.05) is 18.3 Å². The Hall–Kier alpha value is -3.95. The van der Waals surface area contributed by atoms with Crippen LogP contribution < -0.4 is 25.6 Å². The van der Waals surface area contributed by atoms with Gasteiger partial charge in [-0.3, -0.25) is 9.69 Å². The molecule has 9 heteroatoms. The molecule has 3 heterocycles. The molecule has 1 aliphatic carbocycles. The predicted molar refractivity (Wildman–Crippen MR) is 151 cm³/mol. The van der Waals surface area contributed by atoms with Crippen LogP contribution in [0.3, 0.4) is 0 Å². The summed E-state index contributed by atoms with van der Waals surface area (Å²) in [7, 11) is 1.94. The normalized spacial score (nSPS) is 18.8. The van der Waals surface area contributed by atoms with Crippen LogP contribution in [0.1, 0.15) is 40.9 Å². The van der Waals surface area contributed by atoms with Gasteiger partial charge in [0.15, 0.2) is 0 Å². The molecule has 0 spiro atoms. The molecule has 2 aromatic heterocycles. The Morgan fingerprint density at radius 1 is 1.05 bits per heavy atom. The van der Waals surface area contributed by atoms with E-state index in [1.54, 1.807) is 11.1 Å². The highest BCUT2D eigenvalue weighted by atomic mass is 32.1. The van der Waals surface area contributed by atoms with Gasteiger partial charge in [-0.25, -0.2) is 9.78 Å². The number of nitrogens with one attached hydrogen (secondary N) is 3. The fourth-order valence-corrected chi connectivity index (χ4v) is 6.46. The molecule has 8 nitrogen and oxygen atoms in total. The zero-order chi connectivity index (χ0) is 26.2. The van der Waals surface area contributed by atoms with Crippen LogP contribution >= 0.6 is 11.3 Å². The quantitative estimate of drug-likeness (QED) is 0.272. The summed E-state index contributed by atoms with van der Waals surface area (Å²) in [5.41, 5.74) is 2.85. The van der Waals surface area contributed by atoms with Crippen molar-refractivity contribution in [2.45, 2.75) is 44.7 Å². The molecule has 6 rings (SSSR count). The molecule has 3 amide bonds. The van der Waals surface area contributed by atoms with E-state index in [1.165, 1.54) is 11.3 Å². The van der Waals surface area contributed by atoms with Gasteiger partial charge in [0.2, 0.25) is 0 Å². The van der Waals surface area contributed by atoms with Gasteiger partial charge in [0.25, 0.3) is 5.91 Å². The van der Waals surface area contributed by atoms with Crippen molar-refractivity contribution in [2.24, 2.45) is 0 Å². The number of hydrogen-bond donors (Lipinski definition) is 3. The molecule has 2 aliphatic rings. The summed E-state index contributed by atoms with van der Waals surface area (Å²) in [6.45, 7) is 1.95. The number of para-hydroxylation sites is 1. The number of rotatable bonds is 6. The number of carbonyl (C=O) groups excluding carboxylic acids is 2. The maximum absolute atomic E-state index is 13.5. The lowest BCUT2D eigenvalue weighted by Crippen LogP contribution is -2.50. The molecule has 0 saturated heterocycles. The Kier molecular flexibility index (Phi) is 6.47. The molecule has 2 atom stereocenters. The molecule has 0 bridgehead atoms. The maximum atomic E-state index is 13.5. The van der Waals surface area contributed by atoms with Crippen molar-refractivity contribution in [3.05, 3.63) is 71.2 Å². The van der Waals surface area contributed by atoms with E-state index in [4.69, 9.17) is 4.74 Å². The van der Waals surface area contributed by atoms with Crippen molar-refractivity contribution in [1.82, 2.24) is 15.6 Å². The van der Waals surface area contributed by atoms with Crippen molar-refractivity contribution in [1.29, 1.82) is 0 Å². The lowest BCUT2D eigenvalue weighted by molar-refractivity contribution is 0.0921. The van der Waals surface area contributed by atoms with Crippen molar-refractivity contribution < 1.29 is 14.3 Å². The standard InChI is InChI=1S/C29H29N5O3S/c1-17-16-19(37-18-8-4-3-5-9-18)12-13-22(17)34-23-14-15-31-28-24(23)25(33-29(34)36)26(38-28)27(35)32-21-11-7-6-10-20(21)30-2/h3-5,8-9,12-16,20-21,30H,6-7,10-11H2,1-2H3,(H,32,35)(H,33,36)/t20-,21+/m1/s1. The molecule has 0 radical (unpaired) electrons. The summed E-state index contributed by atoms with van der Waals surface area (Å²) >= 11 is 1.31. The summed E-state index contributed by atoms with van der Waals surface area (Å²) in [5, 5.41) is 10.3. The van der Waals surface area contributed by atoms with E-state index in [1.807, 2.05) is 68.6 Å². The number of likely N-dealkylation sites (N-methyl/N-ethyl adjacent to an activating group) is 1. The highest BCUT2D eigenvalue weighted by molar-refractivity contribution is 7.21. The average molecular weight is 528 g/mol. The highest BCUT2D eigenvalue weighted by Gasteiger charge is 2.34. The Morgan fingerprint density at radius 2 is 1.84 bits per heavy atom. The van der Waals surface area contributed by atoms with Gasteiger partial charge in [0.05, 0.1) is 22.4 Å². The number of hydrogen-bond acceptors (Lipinski definition) is 6. The van der Waals surface area contributed by atoms with Crippen molar-refractivity contribution in [3.8, 4) is 11.5 Å². The molecule has 1 fully saturated rings. The number of carbonyl (C=O) groups is 2. The third kappa shape index (κ3) is 4.37. The minimum absolute atomic E-state index is 0.0566. The second kappa shape index (κ2) is 10.1. The fourth-order valence-electron chi connectivity index (χ4n) is 5.43.